The van der Waals surface area contributed by atoms with E-state index in [1.807, 2.05) is 0 Å². The fourth-order valence-electron chi connectivity index (χ4n) is 0. The maximum Gasteiger partial charge on any atom is 0.144 e. The second-order valence-electron chi connectivity index (χ2n) is 5.05. The van der Waals surface area contributed by atoms with Crippen molar-refractivity contribution in [3.63, 3.8) is 0 Å². The first-order valence-electron chi connectivity index (χ1n) is 4.35. The highest BCUT2D eigenvalue weighted by atomic mass is 32.2. The van der Waals surface area contributed by atoms with E-state index in [0.717, 1.165) is 12.5 Å². The summed E-state index contributed by atoms with van der Waals surface area (Å²) >= 11 is 0. The van der Waals surface area contributed by atoms with Crippen molar-refractivity contribution in [1.29, 1.82) is 0 Å². The molecule has 0 unspecified atom stereocenters. The Labute approximate surface area is 118 Å². The zero-order valence-electron chi connectivity index (χ0n) is 10.6. The lowest BCUT2D eigenvalue weighted by molar-refractivity contribution is -0.114. The van der Waals surface area contributed by atoms with Crippen LogP contribution in [0.3, 0.4) is 0 Å². The van der Waals surface area contributed by atoms with E-state index < -0.39 is 9.84 Å². The van der Waals surface area contributed by atoms with Gasteiger partial charge in [-0.05, 0) is 19.3 Å². The molecule has 0 amide bonds. The van der Waals surface area contributed by atoms with Crippen LogP contribution in [-0.2, 0) is 14.6 Å². The molecule has 3 nitrogen and oxygen atoms in total. The monoisotopic (exact) mass is 288 g/mol. The average Bonchev–Trinajstić information content (AvgIpc) is 1.45. The normalized spacial score (nSPS) is 8.00. The molecule has 0 saturated heterocycles. The van der Waals surface area contributed by atoms with E-state index in [0.29, 0.717) is 5.41 Å². The Balaban J connectivity index is -0.0000000183. The molecule has 0 aliphatic carbocycles. The average molecular weight is 289 g/mol. The van der Waals surface area contributed by atoms with Gasteiger partial charge in [-0.15, -0.1) is 0 Å². The van der Waals surface area contributed by atoms with Gasteiger partial charge in [0.05, 0.1) is 0 Å². The van der Waals surface area contributed by atoms with Gasteiger partial charge in [0.2, 0.25) is 0 Å². The topological polar surface area (TPSA) is 51.2 Å². The van der Waals surface area contributed by atoms with Crippen LogP contribution in [0.2, 0.25) is 0 Å². The summed E-state index contributed by atoms with van der Waals surface area (Å²) in [6, 6.07) is 0. The third-order valence-electron chi connectivity index (χ3n) is 0. The molecule has 4 heteroatoms. The first-order chi connectivity index (χ1) is 5.73. The van der Waals surface area contributed by atoms with Crippen LogP contribution < -0.4 is 0 Å². The molecule has 0 bridgehead atoms. The summed E-state index contributed by atoms with van der Waals surface area (Å²) in [7, 11) is -2.67. The predicted molar refractivity (Wildman–Crippen MR) is 89.2 cm³/mol. The largest absolute Gasteiger partial charge is 0.300 e. The summed E-state index contributed by atoms with van der Waals surface area (Å²) in [5.41, 5.74) is 0.500. The molecular formula is C14H40O3S. The quantitative estimate of drug-likeness (QED) is 0.640. The van der Waals surface area contributed by atoms with Crippen molar-refractivity contribution in [3.05, 3.63) is 0 Å². The van der Waals surface area contributed by atoms with Gasteiger partial charge in [-0.1, -0.05) is 57.4 Å². The van der Waals surface area contributed by atoms with Crippen molar-refractivity contribution in [2.75, 3.05) is 12.5 Å². The van der Waals surface area contributed by atoms with Crippen LogP contribution in [0.25, 0.3) is 0 Å². The molecular weight excluding hydrogens is 248 g/mol. The highest BCUT2D eigenvalue weighted by molar-refractivity contribution is 7.89. The highest BCUT2D eigenvalue weighted by Gasteiger charge is 1.95. The Morgan fingerprint density at radius 2 is 0.778 bits per heavy atom. The van der Waals surface area contributed by atoms with Crippen molar-refractivity contribution < 1.29 is 13.2 Å². The van der Waals surface area contributed by atoms with Crippen LogP contribution in [0.4, 0.5) is 0 Å². The first kappa shape index (κ1) is 43.2. The molecule has 0 atom stereocenters. The summed E-state index contributed by atoms with van der Waals surface area (Å²) in [4.78, 5) is 9.44. The number of hydrogen-bond donors (Lipinski definition) is 0. The number of hydrogen-bond acceptors (Lipinski definition) is 3. The molecule has 0 spiro atoms. The van der Waals surface area contributed by atoms with E-state index >= 15 is 0 Å². The maximum absolute atomic E-state index is 9.63. The lowest BCUT2D eigenvalue weighted by atomic mass is 10.0. The molecule has 0 aromatic heterocycles. The minimum atomic E-state index is -2.67. The van der Waals surface area contributed by atoms with Crippen molar-refractivity contribution >= 4 is 15.6 Å². The second kappa shape index (κ2) is 19.0. The third kappa shape index (κ3) is 23100. The number of ketones is 1. The third-order valence-corrected chi connectivity index (χ3v) is 0. The molecule has 0 aromatic carbocycles. The molecule has 0 aromatic rings. The van der Waals surface area contributed by atoms with E-state index in [2.05, 4.69) is 27.7 Å². The van der Waals surface area contributed by atoms with E-state index in [-0.39, 0.29) is 35.5 Å². The van der Waals surface area contributed by atoms with Crippen LogP contribution in [0.5, 0.6) is 0 Å². The van der Waals surface area contributed by atoms with Crippen LogP contribution in [0.1, 0.15) is 71.2 Å². The van der Waals surface area contributed by atoms with Gasteiger partial charge in [-0.2, -0.15) is 0 Å². The second-order valence-corrected chi connectivity index (χ2v) is 7.34. The van der Waals surface area contributed by atoms with Gasteiger partial charge < -0.3 is 4.79 Å². The Morgan fingerprint density at radius 3 is 0.778 bits per heavy atom. The summed E-state index contributed by atoms with van der Waals surface area (Å²) in [6.45, 7) is 11.8. The number of carbonyl (C=O) groups excluding carboxylic acids is 1. The first-order valence-corrected chi connectivity index (χ1v) is 6.65. The molecule has 0 rings (SSSR count). The van der Waals surface area contributed by atoms with Gasteiger partial charge in [0, 0.05) is 12.5 Å². The standard InChI is InChI=1S/C5H12.C3H6O.C2H6O2S.4CH4/c1-5(2,3)4;1-3(2)4;1-5(2,3)4;;;;/h1-4H3;1-2H3;1-2H3;4*1H4. The summed E-state index contributed by atoms with van der Waals surface area (Å²) < 4.78 is 19.3. The number of carbonyl (C=O) groups is 1. The highest BCUT2D eigenvalue weighted by Crippen LogP contribution is 2.07. The van der Waals surface area contributed by atoms with Gasteiger partial charge in [-0.3, -0.25) is 0 Å². The molecule has 0 aliphatic heterocycles. The zero-order valence-corrected chi connectivity index (χ0v) is 11.4. The van der Waals surface area contributed by atoms with Crippen molar-refractivity contribution in [2.45, 2.75) is 71.2 Å². The maximum atomic E-state index is 9.63. The summed E-state index contributed by atoms with van der Waals surface area (Å²) in [5, 5.41) is 0. The summed E-state index contributed by atoms with van der Waals surface area (Å²) in [6.07, 6.45) is 2.32. The number of Topliss-reactive ketones (excluding diaryl/α,β-unsaturated/α-hetero) is 1. The van der Waals surface area contributed by atoms with Gasteiger partial charge in [0.1, 0.15) is 15.6 Å². The molecule has 0 saturated carbocycles. The Hall–Kier alpha value is -0.380. The number of sulfone groups is 1. The predicted octanol–water partition coefficient (Wildman–Crippen LogP) is 4.85. The zero-order chi connectivity index (χ0) is 12.6. The minimum absolute atomic E-state index is 0. The Bertz CT molecular complexity index is 216. The van der Waals surface area contributed by atoms with Gasteiger partial charge in [0.25, 0.3) is 0 Å². The molecule has 0 N–H and O–H groups in total. The van der Waals surface area contributed by atoms with Crippen LogP contribution in [0, 0.1) is 5.41 Å². The number of rotatable bonds is 0. The van der Waals surface area contributed by atoms with Crippen LogP contribution >= 0.6 is 0 Å². The van der Waals surface area contributed by atoms with E-state index in [9.17, 15) is 13.2 Å². The van der Waals surface area contributed by atoms with Crippen molar-refractivity contribution in [1.82, 2.24) is 0 Å². The SMILES string of the molecule is C.C.C.C.CC(C)(C)C.CC(C)=O.CS(C)(=O)=O. The molecule has 18 heavy (non-hydrogen) atoms. The lowest BCUT2D eigenvalue weighted by Gasteiger charge is -2.05. The Morgan fingerprint density at radius 1 is 0.778 bits per heavy atom. The molecule has 0 radical (unpaired) electrons. The molecule has 0 fully saturated rings. The van der Waals surface area contributed by atoms with Crippen LogP contribution in [-0.4, -0.2) is 26.7 Å². The van der Waals surface area contributed by atoms with E-state index in [4.69, 9.17) is 0 Å². The van der Waals surface area contributed by atoms with Gasteiger partial charge in [-0.25, -0.2) is 8.42 Å². The minimum Gasteiger partial charge on any atom is -0.300 e. The van der Waals surface area contributed by atoms with Crippen molar-refractivity contribution in [3.8, 4) is 0 Å². The van der Waals surface area contributed by atoms with Crippen molar-refractivity contribution in [2.24, 2.45) is 5.41 Å². The molecule has 0 aliphatic rings. The smallest absolute Gasteiger partial charge is 0.144 e. The fourth-order valence-corrected chi connectivity index (χ4v) is 0. The molecule has 0 heterocycles. The fraction of sp³-hybridized carbons (Fsp3) is 0.929. The Kier molecular flexibility index (Phi) is 45.5. The van der Waals surface area contributed by atoms with E-state index in [1.54, 1.807) is 0 Å². The van der Waals surface area contributed by atoms with Gasteiger partial charge in [0.15, 0.2) is 0 Å². The van der Waals surface area contributed by atoms with E-state index in [1.165, 1.54) is 13.8 Å². The van der Waals surface area contributed by atoms with Gasteiger partial charge >= 0.3 is 0 Å². The molecule has 120 valence electrons. The summed E-state index contributed by atoms with van der Waals surface area (Å²) in [5.74, 6) is 0.167. The lowest BCUT2D eigenvalue weighted by Crippen LogP contribution is -1.93. The van der Waals surface area contributed by atoms with Crippen LogP contribution in [0.15, 0.2) is 0 Å².